The summed E-state index contributed by atoms with van der Waals surface area (Å²) in [6.07, 6.45) is 4.64. The normalized spacial score (nSPS) is 27.8. The molecule has 2 nitrogen and oxygen atoms in total. The molecule has 0 aliphatic heterocycles. The van der Waals surface area contributed by atoms with Gasteiger partial charge >= 0.3 is 0 Å². The van der Waals surface area contributed by atoms with Gasteiger partial charge in [0.25, 0.3) is 0 Å². The Hall–Kier alpha value is -0.530. The van der Waals surface area contributed by atoms with E-state index < -0.39 is 0 Å². The van der Waals surface area contributed by atoms with Crippen LogP contribution in [-0.4, -0.2) is 23.9 Å². The molecule has 0 aromatic rings. The van der Waals surface area contributed by atoms with Crippen molar-refractivity contribution in [2.45, 2.75) is 52.5 Å². The van der Waals surface area contributed by atoms with Gasteiger partial charge in [-0.05, 0) is 45.4 Å². The molecule has 1 saturated carbocycles. The average Bonchev–Trinajstić information content (AvgIpc) is 2.16. The molecule has 2 heteroatoms. The molecule has 0 unspecified atom stereocenters. The molecule has 0 N–H and O–H groups in total. The highest BCUT2D eigenvalue weighted by molar-refractivity contribution is 5.78. The SMILES string of the molecule is CC(C)N(C)C(=O)[C@H]1CC[C@@H](C)CC1. The second kappa shape index (κ2) is 4.81. The van der Waals surface area contributed by atoms with Gasteiger partial charge in [0.2, 0.25) is 5.91 Å². The van der Waals surface area contributed by atoms with Crippen molar-refractivity contribution in [2.75, 3.05) is 7.05 Å². The van der Waals surface area contributed by atoms with Crippen LogP contribution in [0.15, 0.2) is 0 Å². The molecule has 1 fully saturated rings. The van der Waals surface area contributed by atoms with Crippen molar-refractivity contribution in [3.8, 4) is 0 Å². The van der Waals surface area contributed by atoms with Gasteiger partial charge in [0.1, 0.15) is 0 Å². The molecule has 1 amide bonds. The Morgan fingerprint density at radius 1 is 1.21 bits per heavy atom. The molecule has 1 aliphatic rings. The predicted octanol–water partition coefficient (Wildman–Crippen LogP) is 2.68. The van der Waals surface area contributed by atoms with Crippen molar-refractivity contribution in [3.05, 3.63) is 0 Å². The Bertz CT molecular complexity index is 192. The topological polar surface area (TPSA) is 20.3 Å². The van der Waals surface area contributed by atoms with Gasteiger partial charge in [-0.2, -0.15) is 0 Å². The van der Waals surface area contributed by atoms with Crippen LogP contribution in [0.3, 0.4) is 0 Å². The quantitative estimate of drug-likeness (QED) is 0.666. The van der Waals surface area contributed by atoms with Crippen molar-refractivity contribution in [1.29, 1.82) is 0 Å². The smallest absolute Gasteiger partial charge is 0.225 e. The maximum absolute atomic E-state index is 12.0. The zero-order valence-corrected chi connectivity index (χ0v) is 9.92. The summed E-state index contributed by atoms with van der Waals surface area (Å²) < 4.78 is 0. The van der Waals surface area contributed by atoms with Crippen LogP contribution in [0, 0.1) is 11.8 Å². The maximum Gasteiger partial charge on any atom is 0.225 e. The van der Waals surface area contributed by atoms with Gasteiger partial charge in [0, 0.05) is 19.0 Å². The fourth-order valence-corrected chi connectivity index (χ4v) is 2.05. The fourth-order valence-electron chi connectivity index (χ4n) is 2.05. The first-order valence-electron chi connectivity index (χ1n) is 5.79. The Morgan fingerprint density at radius 2 is 1.71 bits per heavy atom. The summed E-state index contributed by atoms with van der Waals surface area (Å²) >= 11 is 0. The Labute approximate surface area is 87.7 Å². The number of nitrogens with zero attached hydrogens (tertiary/aromatic N) is 1. The molecule has 0 atom stereocenters. The van der Waals surface area contributed by atoms with E-state index in [9.17, 15) is 4.79 Å². The summed E-state index contributed by atoms with van der Waals surface area (Å²) in [7, 11) is 1.92. The lowest BCUT2D eigenvalue weighted by Gasteiger charge is -2.30. The average molecular weight is 197 g/mol. The minimum Gasteiger partial charge on any atom is -0.343 e. The van der Waals surface area contributed by atoms with Crippen molar-refractivity contribution >= 4 is 5.91 Å². The van der Waals surface area contributed by atoms with Gasteiger partial charge in [-0.25, -0.2) is 0 Å². The minimum absolute atomic E-state index is 0.304. The Kier molecular flexibility index (Phi) is 3.97. The molecule has 14 heavy (non-hydrogen) atoms. The third kappa shape index (κ3) is 2.73. The van der Waals surface area contributed by atoms with Crippen molar-refractivity contribution in [3.63, 3.8) is 0 Å². The molecule has 0 heterocycles. The molecule has 1 aliphatic carbocycles. The first kappa shape index (κ1) is 11.5. The van der Waals surface area contributed by atoms with Gasteiger partial charge in [-0.15, -0.1) is 0 Å². The van der Waals surface area contributed by atoms with Crippen molar-refractivity contribution in [2.24, 2.45) is 11.8 Å². The number of amides is 1. The number of carbonyl (C=O) groups excluding carboxylic acids is 1. The van der Waals surface area contributed by atoms with Crippen LogP contribution < -0.4 is 0 Å². The lowest BCUT2D eigenvalue weighted by Crippen LogP contribution is -2.38. The van der Waals surface area contributed by atoms with Gasteiger partial charge in [-0.3, -0.25) is 4.79 Å². The molecular weight excluding hydrogens is 174 g/mol. The summed E-state index contributed by atoms with van der Waals surface area (Å²) in [6, 6.07) is 0.335. The molecule has 0 radical (unpaired) electrons. The predicted molar refractivity (Wildman–Crippen MR) is 59.0 cm³/mol. The maximum atomic E-state index is 12.0. The van der Waals surface area contributed by atoms with Crippen LogP contribution in [0.2, 0.25) is 0 Å². The molecule has 0 saturated heterocycles. The first-order valence-corrected chi connectivity index (χ1v) is 5.79. The molecule has 0 aromatic heterocycles. The first-order chi connectivity index (χ1) is 6.52. The van der Waals surface area contributed by atoms with Crippen LogP contribution in [0.25, 0.3) is 0 Å². The van der Waals surface area contributed by atoms with E-state index >= 15 is 0 Å². The van der Waals surface area contributed by atoms with E-state index in [0.29, 0.717) is 17.9 Å². The van der Waals surface area contributed by atoms with E-state index in [2.05, 4.69) is 20.8 Å². The number of rotatable bonds is 2. The monoisotopic (exact) mass is 197 g/mol. The summed E-state index contributed by atoms with van der Waals surface area (Å²) in [4.78, 5) is 13.9. The van der Waals surface area contributed by atoms with E-state index in [1.54, 1.807) is 0 Å². The van der Waals surface area contributed by atoms with Gasteiger partial charge < -0.3 is 4.90 Å². The van der Waals surface area contributed by atoms with E-state index in [4.69, 9.17) is 0 Å². The zero-order valence-electron chi connectivity index (χ0n) is 9.92. The van der Waals surface area contributed by atoms with Gasteiger partial charge in [-0.1, -0.05) is 6.92 Å². The second-order valence-electron chi connectivity index (χ2n) is 5.00. The zero-order chi connectivity index (χ0) is 10.7. The number of carbonyl (C=O) groups is 1. The van der Waals surface area contributed by atoms with Gasteiger partial charge in [0.15, 0.2) is 0 Å². The Morgan fingerprint density at radius 3 is 2.14 bits per heavy atom. The third-order valence-electron chi connectivity index (χ3n) is 3.49. The van der Waals surface area contributed by atoms with Crippen molar-refractivity contribution < 1.29 is 4.79 Å². The van der Waals surface area contributed by atoms with Crippen molar-refractivity contribution in [1.82, 2.24) is 4.90 Å². The standard InChI is InChI=1S/C12H23NO/c1-9(2)13(4)12(14)11-7-5-10(3)6-8-11/h9-11H,5-8H2,1-4H3/t10-,11+. The molecule has 0 bridgehead atoms. The van der Waals surface area contributed by atoms with Crippen LogP contribution in [-0.2, 0) is 4.79 Å². The summed E-state index contributed by atoms with van der Waals surface area (Å²) in [6.45, 7) is 6.43. The van der Waals surface area contributed by atoms with Crippen LogP contribution in [0.4, 0.5) is 0 Å². The molecule has 0 aromatic carbocycles. The summed E-state index contributed by atoms with van der Waals surface area (Å²) in [5.41, 5.74) is 0. The minimum atomic E-state index is 0.304. The van der Waals surface area contributed by atoms with Crippen LogP contribution >= 0.6 is 0 Å². The lowest BCUT2D eigenvalue weighted by molar-refractivity contribution is -0.136. The van der Waals surface area contributed by atoms with E-state index in [1.807, 2.05) is 11.9 Å². The van der Waals surface area contributed by atoms with Gasteiger partial charge in [0.05, 0.1) is 0 Å². The Balaban J connectivity index is 2.45. The number of hydrogen-bond acceptors (Lipinski definition) is 1. The largest absolute Gasteiger partial charge is 0.343 e. The highest BCUT2D eigenvalue weighted by Crippen LogP contribution is 2.29. The number of hydrogen-bond donors (Lipinski definition) is 0. The third-order valence-corrected chi connectivity index (χ3v) is 3.49. The molecule has 82 valence electrons. The molecule has 1 rings (SSSR count). The summed E-state index contributed by atoms with van der Waals surface area (Å²) in [5.74, 6) is 1.48. The van der Waals surface area contributed by atoms with Crippen LogP contribution in [0.5, 0.6) is 0 Å². The van der Waals surface area contributed by atoms with E-state index in [0.717, 1.165) is 18.8 Å². The van der Waals surface area contributed by atoms with E-state index in [1.165, 1.54) is 12.8 Å². The summed E-state index contributed by atoms with van der Waals surface area (Å²) in [5, 5.41) is 0. The van der Waals surface area contributed by atoms with Crippen LogP contribution in [0.1, 0.15) is 46.5 Å². The molecular formula is C12H23NO. The fraction of sp³-hybridized carbons (Fsp3) is 0.917. The lowest BCUT2D eigenvalue weighted by atomic mass is 9.82. The highest BCUT2D eigenvalue weighted by Gasteiger charge is 2.27. The van der Waals surface area contributed by atoms with E-state index in [-0.39, 0.29) is 0 Å². The highest BCUT2D eigenvalue weighted by atomic mass is 16.2. The molecule has 0 spiro atoms. The second-order valence-corrected chi connectivity index (χ2v) is 5.00.